The van der Waals surface area contributed by atoms with Crippen LogP contribution in [-0.4, -0.2) is 31.3 Å². The number of anilines is 2. The lowest BCUT2D eigenvalue weighted by Crippen LogP contribution is -2.50. The standard InChI is InChI=1S/C13H17N3O2/c14-10-2-1-3-11(8-10)16-7-5-13(18-12(16)17)4-6-15-9-13/h1-3,8,15H,4-7,9,14H2. The first-order valence-corrected chi connectivity index (χ1v) is 6.25. The van der Waals surface area contributed by atoms with Crippen LogP contribution >= 0.6 is 0 Å². The van der Waals surface area contributed by atoms with E-state index >= 15 is 0 Å². The van der Waals surface area contributed by atoms with Gasteiger partial charge in [0.2, 0.25) is 0 Å². The highest BCUT2D eigenvalue weighted by atomic mass is 16.6. The van der Waals surface area contributed by atoms with Crippen molar-refractivity contribution in [1.29, 1.82) is 0 Å². The van der Waals surface area contributed by atoms with Crippen LogP contribution in [0.3, 0.4) is 0 Å². The highest BCUT2D eigenvalue weighted by molar-refractivity contribution is 5.89. The van der Waals surface area contributed by atoms with E-state index in [0.717, 1.165) is 31.6 Å². The van der Waals surface area contributed by atoms with Crippen molar-refractivity contribution in [2.45, 2.75) is 18.4 Å². The average molecular weight is 247 g/mol. The third-order valence-electron chi connectivity index (χ3n) is 3.70. The number of carbonyl (C=O) groups is 1. The highest BCUT2D eigenvalue weighted by Gasteiger charge is 2.43. The molecule has 1 unspecified atom stereocenters. The maximum Gasteiger partial charge on any atom is 0.414 e. The highest BCUT2D eigenvalue weighted by Crippen LogP contribution is 2.32. The van der Waals surface area contributed by atoms with Gasteiger partial charge in [-0.05, 0) is 24.7 Å². The van der Waals surface area contributed by atoms with Crippen LogP contribution < -0.4 is 16.0 Å². The molecule has 3 N–H and O–H groups in total. The molecule has 1 spiro atoms. The molecule has 5 heteroatoms. The van der Waals surface area contributed by atoms with Crippen molar-refractivity contribution in [1.82, 2.24) is 5.32 Å². The summed E-state index contributed by atoms with van der Waals surface area (Å²) in [6, 6.07) is 7.33. The second-order valence-electron chi connectivity index (χ2n) is 4.97. The lowest BCUT2D eigenvalue weighted by atomic mass is 9.97. The minimum absolute atomic E-state index is 0.268. The summed E-state index contributed by atoms with van der Waals surface area (Å²) in [4.78, 5) is 13.8. The molecule has 2 aliphatic heterocycles. The van der Waals surface area contributed by atoms with E-state index in [1.807, 2.05) is 12.1 Å². The molecule has 1 aromatic carbocycles. The van der Waals surface area contributed by atoms with Gasteiger partial charge in [-0.15, -0.1) is 0 Å². The number of carbonyl (C=O) groups excluding carboxylic acids is 1. The number of nitrogens with zero attached hydrogens (tertiary/aromatic N) is 1. The van der Waals surface area contributed by atoms with Crippen LogP contribution in [0.25, 0.3) is 0 Å². The number of nitrogens with two attached hydrogens (primary N) is 1. The van der Waals surface area contributed by atoms with Gasteiger partial charge in [0.25, 0.3) is 0 Å². The molecule has 0 bridgehead atoms. The van der Waals surface area contributed by atoms with Crippen LogP contribution in [0.4, 0.5) is 16.2 Å². The van der Waals surface area contributed by atoms with Gasteiger partial charge in [-0.3, -0.25) is 4.90 Å². The Morgan fingerprint density at radius 2 is 2.28 bits per heavy atom. The molecule has 0 radical (unpaired) electrons. The predicted octanol–water partition coefficient (Wildman–Crippen LogP) is 1.35. The van der Waals surface area contributed by atoms with Crippen molar-refractivity contribution in [2.24, 2.45) is 0 Å². The van der Waals surface area contributed by atoms with Crippen molar-refractivity contribution in [3.05, 3.63) is 24.3 Å². The molecule has 1 amide bonds. The van der Waals surface area contributed by atoms with Gasteiger partial charge >= 0.3 is 6.09 Å². The minimum atomic E-state index is -0.284. The fourth-order valence-electron chi connectivity index (χ4n) is 2.65. The van der Waals surface area contributed by atoms with Gasteiger partial charge < -0.3 is 15.8 Å². The van der Waals surface area contributed by atoms with E-state index in [1.54, 1.807) is 17.0 Å². The Balaban J connectivity index is 1.78. The molecule has 3 rings (SSSR count). The number of rotatable bonds is 1. The summed E-state index contributed by atoms with van der Waals surface area (Å²) >= 11 is 0. The lowest BCUT2D eigenvalue weighted by Gasteiger charge is -2.38. The first-order valence-electron chi connectivity index (χ1n) is 6.25. The van der Waals surface area contributed by atoms with Crippen molar-refractivity contribution in [2.75, 3.05) is 30.3 Å². The molecular weight excluding hydrogens is 230 g/mol. The molecule has 1 aromatic rings. The maximum absolute atomic E-state index is 12.1. The Morgan fingerprint density at radius 1 is 1.39 bits per heavy atom. The summed E-state index contributed by atoms with van der Waals surface area (Å²) in [7, 11) is 0. The number of ether oxygens (including phenoxy) is 1. The summed E-state index contributed by atoms with van der Waals surface area (Å²) in [5.74, 6) is 0. The van der Waals surface area contributed by atoms with Crippen LogP contribution in [0.15, 0.2) is 24.3 Å². The molecule has 0 saturated carbocycles. The second kappa shape index (κ2) is 4.17. The SMILES string of the molecule is Nc1cccc(N2CCC3(CCNC3)OC2=O)c1. The Kier molecular flexibility index (Phi) is 2.63. The van der Waals surface area contributed by atoms with Gasteiger partial charge in [-0.2, -0.15) is 0 Å². The lowest BCUT2D eigenvalue weighted by molar-refractivity contribution is 0.0105. The minimum Gasteiger partial charge on any atom is -0.441 e. The molecule has 18 heavy (non-hydrogen) atoms. The third kappa shape index (κ3) is 1.90. The maximum atomic E-state index is 12.1. The van der Waals surface area contributed by atoms with Crippen LogP contribution in [0.5, 0.6) is 0 Å². The van der Waals surface area contributed by atoms with E-state index < -0.39 is 0 Å². The van der Waals surface area contributed by atoms with Crippen LogP contribution in [0.2, 0.25) is 0 Å². The van der Waals surface area contributed by atoms with Gasteiger partial charge in [0.05, 0.1) is 0 Å². The average Bonchev–Trinajstić information content (AvgIpc) is 2.77. The molecule has 2 aliphatic rings. The van der Waals surface area contributed by atoms with Gasteiger partial charge in [0.15, 0.2) is 0 Å². The van der Waals surface area contributed by atoms with Crippen molar-refractivity contribution < 1.29 is 9.53 Å². The Morgan fingerprint density at radius 3 is 2.94 bits per heavy atom. The number of amides is 1. The molecule has 96 valence electrons. The number of benzene rings is 1. The Bertz CT molecular complexity index is 469. The Hall–Kier alpha value is -1.75. The van der Waals surface area contributed by atoms with Crippen molar-refractivity contribution >= 4 is 17.5 Å². The van der Waals surface area contributed by atoms with E-state index in [4.69, 9.17) is 10.5 Å². The van der Waals surface area contributed by atoms with Crippen LogP contribution in [-0.2, 0) is 4.74 Å². The topological polar surface area (TPSA) is 67.6 Å². The second-order valence-corrected chi connectivity index (χ2v) is 4.97. The number of hydrogen-bond acceptors (Lipinski definition) is 4. The molecule has 2 heterocycles. The summed E-state index contributed by atoms with van der Waals surface area (Å²) in [6.07, 6.45) is 1.50. The van der Waals surface area contributed by atoms with E-state index in [-0.39, 0.29) is 11.7 Å². The zero-order valence-corrected chi connectivity index (χ0v) is 10.2. The zero-order chi connectivity index (χ0) is 12.6. The quantitative estimate of drug-likeness (QED) is 0.735. The summed E-state index contributed by atoms with van der Waals surface area (Å²) in [5, 5.41) is 3.25. The summed E-state index contributed by atoms with van der Waals surface area (Å²) in [6.45, 7) is 2.37. The summed E-state index contributed by atoms with van der Waals surface area (Å²) in [5.41, 5.74) is 6.92. The van der Waals surface area contributed by atoms with Gasteiger partial charge in [-0.25, -0.2) is 4.79 Å². The Labute approximate surface area is 106 Å². The molecule has 2 saturated heterocycles. The predicted molar refractivity (Wildman–Crippen MR) is 69.5 cm³/mol. The first kappa shape index (κ1) is 11.3. The molecule has 0 aliphatic carbocycles. The smallest absolute Gasteiger partial charge is 0.414 e. The molecule has 5 nitrogen and oxygen atoms in total. The van der Waals surface area contributed by atoms with Gasteiger partial charge in [-0.1, -0.05) is 6.07 Å². The van der Waals surface area contributed by atoms with Crippen LogP contribution in [0.1, 0.15) is 12.8 Å². The number of nitrogens with one attached hydrogen (secondary N) is 1. The molecule has 1 atom stereocenters. The first-order chi connectivity index (χ1) is 8.69. The summed E-state index contributed by atoms with van der Waals surface area (Å²) < 4.78 is 5.63. The zero-order valence-electron chi connectivity index (χ0n) is 10.2. The fraction of sp³-hybridized carbons (Fsp3) is 0.462. The van der Waals surface area contributed by atoms with E-state index in [9.17, 15) is 4.79 Å². The normalized spacial score (nSPS) is 27.6. The molecule has 2 fully saturated rings. The third-order valence-corrected chi connectivity index (χ3v) is 3.70. The van der Waals surface area contributed by atoms with E-state index in [0.29, 0.717) is 12.2 Å². The van der Waals surface area contributed by atoms with Gasteiger partial charge in [0, 0.05) is 37.3 Å². The monoisotopic (exact) mass is 247 g/mol. The van der Waals surface area contributed by atoms with Crippen molar-refractivity contribution in [3.63, 3.8) is 0 Å². The largest absolute Gasteiger partial charge is 0.441 e. The van der Waals surface area contributed by atoms with Crippen molar-refractivity contribution in [3.8, 4) is 0 Å². The number of nitrogen functional groups attached to an aromatic ring is 1. The van der Waals surface area contributed by atoms with E-state index in [1.165, 1.54) is 0 Å². The fourth-order valence-corrected chi connectivity index (χ4v) is 2.65. The van der Waals surface area contributed by atoms with E-state index in [2.05, 4.69) is 5.32 Å². The number of hydrogen-bond donors (Lipinski definition) is 2. The molecular formula is C13H17N3O2. The van der Waals surface area contributed by atoms with Crippen LogP contribution in [0, 0.1) is 0 Å². The van der Waals surface area contributed by atoms with Gasteiger partial charge in [0.1, 0.15) is 5.60 Å². The molecule has 0 aromatic heterocycles.